The minimum atomic E-state index is -0.286. The average molecular weight is 171 g/mol. The fourth-order valence-corrected chi connectivity index (χ4v) is 0.995. The van der Waals surface area contributed by atoms with E-state index in [9.17, 15) is 0 Å². The van der Waals surface area contributed by atoms with E-state index in [4.69, 9.17) is 28.3 Å². The highest BCUT2D eigenvalue weighted by atomic mass is 35.5. The lowest BCUT2D eigenvalue weighted by atomic mass is 10.2. The first-order chi connectivity index (χ1) is 4.22. The van der Waals surface area contributed by atoms with Crippen molar-refractivity contribution in [3.05, 3.63) is 0 Å². The molecule has 0 bridgehead atoms. The normalized spacial score (nSPS) is 17.3. The van der Waals surface area contributed by atoms with E-state index in [0.717, 1.165) is 12.8 Å². The van der Waals surface area contributed by atoms with Crippen molar-refractivity contribution in [3.8, 4) is 0 Å². The Labute approximate surface area is 66.0 Å². The molecule has 0 aromatic rings. The lowest BCUT2D eigenvalue weighted by molar-refractivity contribution is 0.288. The molecule has 2 atom stereocenters. The first-order valence-electron chi connectivity index (χ1n) is 3.11. The van der Waals surface area contributed by atoms with Gasteiger partial charge in [0, 0.05) is 0 Å². The topological polar surface area (TPSA) is 20.2 Å². The van der Waals surface area contributed by atoms with Crippen molar-refractivity contribution < 1.29 is 5.11 Å². The molecule has 0 saturated carbocycles. The third-order valence-corrected chi connectivity index (χ3v) is 2.22. The molecule has 0 heterocycles. The molecular weight excluding hydrogens is 159 g/mol. The van der Waals surface area contributed by atoms with Crippen LogP contribution in [0.5, 0.6) is 0 Å². The Hall–Kier alpha value is 0.540. The number of rotatable bonds is 4. The zero-order valence-corrected chi connectivity index (χ0v) is 6.99. The van der Waals surface area contributed by atoms with Gasteiger partial charge in [-0.05, 0) is 6.42 Å². The van der Waals surface area contributed by atoms with E-state index >= 15 is 0 Å². The lowest BCUT2D eigenvalue weighted by Crippen LogP contribution is -2.18. The van der Waals surface area contributed by atoms with E-state index < -0.39 is 0 Å². The summed E-state index contributed by atoms with van der Waals surface area (Å²) < 4.78 is 0. The molecule has 0 aromatic heterocycles. The molecule has 56 valence electrons. The summed E-state index contributed by atoms with van der Waals surface area (Å²) in [6.07, 6.45) is 1.88. The van der Waals surface area contributed by atoms with Crippen molar-refractivity contribution in [2.45, 2.75) is 30.5 Å². The maximum absolute atomic E-state index is 8.52. The molecule has 0 aliphatic carbocycles. The highest BCUT2D eigenvalue weighted by Gasteiger charge is 2.13. The van der Waals surface area contributed by atoms with E-state index in [0.29, 0.717) is 0 Å². The van der Waals surface area contributed by atoms with Crippen molar-refractivity contribution in [2.75, 3.05) is 6.61 Å². The van der Waals surface area contributed by atoms with Gasteiger partial charge in [0.05, 0.1) is 17.4 Å². The maximum Gasteiger partial charge on any atom is 0.0730 e. The Balaban J connectivity index is 3.32. The van der Waals surface area contributed by atoms with E-state index in [-0.39, 0.29) is 17.4 Å². The van der Waals surface area contributed by atoms with Gasteiger partial charge < -0.3 is 5.11 Å². The fourth-order valence-electron chi connectivity index (χ4n) is 0.571. The second-order valence-electron chi connectivity index (χ2n) is 2.00. The second-order valence-corrected chi connectivity index (χ2v) is 3.12. The summed E-state index contributed by atoms with van der Waals surface area (Å²) in [6, 6.07) is 0. The summed E-state index contributed by atoms with van der Waals surface area (Å²) in [7, 11) is 0. The van der Waals surface area contributed by atoms with Crippen LogP contribution in [0.4, 0.5) is 0 Å². The van der Waals surface area contributed by atoms with E-state index in [1.807, 2.05) is 6.92 Å². The third kappa shape index (κ3) is 4.01. The Morgan fingerprint density at radius 3 is 2.22 bits per heavy atom. The molecule has 0 radical (unpaired) electrons. The Morgan fingerprint density at radius 2 is 1.89 bits per heavy atom. The van der Waals surface area contributed by atoms with Crippen LogP contribution in [0, 0.1) is 0 Å². The Bertz CT molecular complexity index is 68.1. The minimum Gasteiger partial charge on any atom is -0.395 e. The van der Waals surface area contributed by atoms with Gasteiger partial charge in [-0.15, -0.1) is 23.2 Å². The van der Waals surface area contributed by atoms with Crippen LogP contribution in [0.2, 0.25) is 0 Å². The largest absolute Gasteiger partial charge is 0.395 e. The summed E-state index contributed by atoms with van der Waals surface area (Å²) >= 11 is 11.4. The first-order valence-corrected chi connectivity index (χ1v) is 3.98. The van der Waals surface area contributed by atoms with Crippen LogP contribution in [0.3, 0.4) is 0 Å². The number of hydrogen-bond donors (Lipinski definition) is 1. The van der Waals surface area contributed by atoms with Gasteiger partial charge in [-0.3, -0.25) is 0 Å². The molecule has 0 spiro atoms. The number of aliphatic hydroxyl groups is 1. The monoisotopic (exact) mass is 170 g/mol. The first kappa shape index (κ1) is 9.54. The van der Waals surface area contributed by atoms with Crippen LogP contribution >= 0.6 is 23.2 Å². The third-order valence-electron chi connectivity index (χ3n) is 1.13. The standard InChI is InChI=1S/C6H12Cl2O/c1-2-3-5(7)6(8)4-9/h5-6,9H,2-4H2,1H3. The van der Waals surface area contributed by atoms with Crippen LogP contribution in [-0.4, -0.2) is 22.5 Å². The van der Waals surface area contributed by atoms with Gasteiger partial charge in [0.25, 0.3) is 0 Å². The van der Waals surface area contributed by atoms with Crippen LogP contribution in [-0.2, 0) is 0 Å². The maximum atomic E-state index is 8.52. The van der Waals surface area contributed by atoms with Crippen molar-refractivity contribution in [1.29, 1.82) is 0 Å². The van der Waals surface area contributed by atoms with Crippen LogP contribution in [0.1, 0.15) is 19.8 Å². The SMILES string of the molecule is CCCC(Cl)C(Cl)CO. The molecule has 9 heavy (non-hydrogen) atoms. The van der Waals surface area contributed by atoms with Crippen molar-refractivity contribution in [1.82, 2.24) is 0 Å². The summed E-state index contributed by atoms with van der Waals surface area (Å²) in [5, 5.41) is 8.15. The molecule has 2 unspecified atom stereocenters. The summed E-state index contributed by atoms with van der Waals surface area (Å²) in [5.74, 6) is 0. The quantitative estimate of drug-likeness (QED) is 0.641. The van der Waals surface area contributed by atoms with Crippen LogP contribution in [0.15, 0.2) is 0 Å². The van der Waals surface area contributed by atoms with Crippen LogP contribution in [0.25, 0.3) is 0 Å². The zero-order chi connectivity index (χ0) is 7.28. The Kier molecular flexibility index (Phi) is 5.65. The van der Waals surface area contributed by atoms with Crippen molar-refractivity contribution in [2.24, 2.45) is 0 Å². The molecule has 0 rings (SSSR count). The number of hydrogen-bond acceptors (Lipinski definition) is 1. The molecule has 3 heteroatoms. The highest BCUT2D eigenvalue weighted by Crippen LogP contribution is 2.14. The summed E-state index contributed by atoms with van der Waals surface area (Å²) in [4.78, 5) is 0. The number of alkyl halides is 2. The molecule has 0 amide bonds. The summed E-state index contributed by atoms with van der Waals surface area (Å²) in [6.45, 7) is 2.01. The zero-order valence-electron chi connectivity index (χ0n) is 5.48. The average Bonchev–Trinajstić information content (AvgIpc) is 1.87. The molecule has 0 saturated heterocycles. The molecule has 0 aliphatic heterocycles. The predicted molar refractivity (Wildman–Crippen MR) is 41.3 cm³/mol. The fraction of sp³-hybridized carbons (Fsp3) is 1.00. The predicted octanol–water partition coefficient (Wildman–Crippen LogP) is 1.99. The van der Waals surface area contributed by atoms with Gasteiger partial charge in [0.15, 0.2) is 0 Å². The second kappa shape index (κ2) is 5.33. The molecule has 1 N–H and O–H groups in total. The van der Waals surface area contributed by atoms with Gasteiger partial charge in [0.2, 0.25) is 0 Å². The molecule has 1 nitrogen and oxygen atoms in total. The van der Waals surface area contributed by atoms with Gasteiger partial charge in [-0.1, -0.05) is 13.3 Å². The lowest BCUT2D eigenvalue weighted by Gasteiger charge is -2.11. The van der Waals surface area contributed by atoms with E-state index in [2.05, 4.69) is 0 Å². The van der Waals surface area contributed by atoms with Gasteiger partial charge in [-0.25, -0.2) is 0 Å². The van der Waals surface area contributed by atoms with Gasteiger partial charge in [0.1, 0.15) is 0 Å². The molecule has 0 aromatic carbocycles. The Morgan fingerprint density at radius 1 is 1.33 bits per heavy atom. The highest BCUT2D eigenvalue weighted by molar-refractivity contribution is 6.30. The van der Waals surface area contributed by atoms with Gasteiger partial charge in [-0.2, -0.15) is 0 Å². The van der Waals surface area contributed by atoms with Crippen molar-refractivity contribution >= 4 is 23.2 Å². The van der Waals surface area contributed by atoms with E-state index in [1.54, 1.807) is 0 Å². The van der Waals surface area contributed by atoms with Gasteiger partial charge >= 0.3 is 0 Å². The number of aliphatic hydroxyl groups excluding tert-OH is 1. The molecular formula is C6H12Cl2O. The smallest absolute Gasteiger partial charge is 0.0730 e. The minimum absolute atomic E-state index is 0.0320. The summed E-state index contributed by atoms with van der Waals surface area (Å²) in [5.41, 5.74) is 0. The van der Waals surface area contributed by atoms with E-state index in [1.165, 1.54) is 0 Å². The molecule has 0 aliphatic rings. The molecule has 0 fully saturated rings. The van der Waals surface area contributed by atoms with Crippen LogP contribution < -0.4 is 0 Å². The number of halogens is 2. The van der Waals surface area contributed by atoms with Crippen molar-refractivity contribution in [3.63, 3.8) is 0 Å².